The van der Waals surface area contributed by atoms with E-state index in [1.54, 1.807) is 6.07 Å². The Kier molecular flexibility index (Phi) is 3.75. The van der Waals surface area contributed by atoms with Gasteiger partial charge in [-0.25, -0.2) is 18.7 Å². The molecule has 1 unspecified atom stereocenters. The van der Waals surface area contributed by atoms with Gasteiger partial charge in [0.25, 0.3) is 5.91 Å². The number of nitrogens with zero attached hydrogens (tertiary/aromatic N) is 3. The Balaban J connectivity index is 1.60. The third-order valence-corrected chi connectivity index (χ3v) is 4.79. The number of hydrogen-bond acceptors (Lipinski definition) is 4. The van der Waals surface area contributed by atoms with Crippen molar-refractivity contribution < 1.29 is 18.4 Å². The summed E-state index contributed by atoms with van der Waals surface area (Å²) in [6.07, 6.45) is 1.73. The van der Waals surface area contributed by atoms with Gasteiger partial charge in [0.05, 0.1) is 5.41 Å². The van der Waals surface area contributed by atoms with Gasteiger partial charge in [0.1, 0.15) is 26.4 Å². The van der Waals surface area contributed by atoms with Crippen LogP contribution in [0.5, 0.6) is 0 Å². The van der Waals surface area contributed by atoms with Gasteiger partial charge in [-0.2, -0.15) is 0 Å². The van der Waals surface area contributed by atoms with Crippen molar-refractivity contribution in [2.75, 3.05) is 18.4 Å². The smallest absolute Gasteiger partial charge is 0.254 e. The van der Waals surface area contributed by atoms with Gasteiger partial charge in [-0.3, -0.25) is 14.9 Å². The molecule has 1 aliphatic carbocycles. The number of aromatic nitrogens is 2. The predicted molar refractivity (Wildman–Crippen MR) is 89.5 cm³/mol. The van der Waals surface area contributed by atoms with E-state index >= 15 is 0 Å². The van der Waals surface area contributed by atoms with Crippen molar-refractivity contribution >= 4 is 31.1 Å². The Morgan fingerprint density at radius 1 is 1.38 bits per heavy atom. The van der Waals surface area contributed by atoms with E-state index in [0.29, 0.717) is 0 Å². The fourth-order valence-corrected chi connectivity index (χ4v) is 3.43. The van der Waals surface area contributed by atoms with Crippen LogP contribution in [0.25, 0.3) is 0 Å². The standard InChI is InChI=1S/C17H13BF2N4O2/c18-10-3-2-9-13(14(10)20)17(6-11(17)19)8-24(15(9)26)7-12(25)23-16-21-4-1-5-22-16/h1-5,11H,6-8H2,(H,21,22,23,25)/t11?,17-/m1/s1. The highest BCUT2D eigenvalue weighted by molar-refractivity contribution is 6.32. The number of anilines is 1. The quantitative estimate of drug-likeness (QED) is 0.814. The van der Waals surface area contributed by atoms with E-state index in [-0.39, 0.29) is 42.0 Å². The lowest BCUT2D eigenvalue weighted by atomic mass is 9.81. The van der Waals surface area contributed by atoms with E-state index in [0.717, 1.165) is 0 Å². The molecule has 9 heteroatoms. The highest BCUT2D eigenvalue weighted by Crippen LogP contribution is 2.55. The number of rotatable bonds is 3. The number of carbonyl (C=O) groups excluding carboxylic acids is 2. The van der Waals surface area contributed by atoms with E-state index in [2.05, 4.69) is 15.3 Å². The zero-order valence-electron chi connectivity index (χ0n) is 13.6. The summed E-state index contributed by atoms with van der Waals surface area (Å²) >= 11 is 0. The summed E-state index contributed by atoms with van der Waals surface area (Å²) in [4.78, 5) is 33.8. The molecule has 2 radical (unpaired) electrons. The Labute approximate surface area is 149 Å². The number of hydrogen-bond donors (Lipinski definition) is 1. The fourth-order valence-electron chi connectivity index (χ4n) is 3.43. The average Bonchev–Trinajstić information content (AvgIpc) is 3.25. The van der Waals surface area contributed by atoms with Gasteiger partial charge < -0.3 is 4.90 Å². The van der Waals surface area contributed by atoms with Crippen molar-refractivity contribution in [1.29, 1.82) is 0 Å². The van der Waals surface area contributed by atoms with E-state index in [9.17, 15) is 18.4 Å². The van der Waals surface area contributed by atoms with Gasteiger partial charge in [-0.15, -0.1) is 0 Å². The molecule has 1 spiro atoms. The second-order valence-corrected chi connectivity index (χ2v) is 6.50. The van der Waals surface area contributed by atoms with E-state index in [4.69, 9.17) is 7.85 Å². The van der Waals surface area contributed by atoms with Crippen molar-refractivity contribution in [3.05, 3.63) is 47.5 Å². The molecule has 1 aliphatic heterocycles. The molecule has 0 bridgehead atoms. The van der Waals surface area contributed by atoms with Crippen LogP contribution in [0.4, 0.5) is 14.7 Å². The molecule has 2 heterocycles. The Bertz CT molecular complexity index is 911. The molecule has 1 aromatic heterocycles. The van der Waals surface area contributed by atoms with Crippen LogP contribution in [0.15, 0.2) is 30.6 Å². The lowest BCUT2D eigenvalue weighted by molar-refractivity contribution is -0.117. The molecule has 26 heavy (non-hydrogen) atoms. The lowest BCUT2D eigenvalue weighted by Gasteiger charge is -2.34. The molecule has 1 N–H and O–H groups in total. The summed E-state index contributed by atoms with van der Waals surface area (Å²) in [5, 5.41) is 2.47. The van der Waals surface area contributed by atoms with Crippen LogP contribution in [0.3, 0.4) is 0 Å². The molecule has 1 aromatic carbocycles. The number of benzene rings is 1. The molecule has 2 aliphatic rings. The highest BCUT2D eigenvalue weighted by atomic mass is 19.1. The van der Waals surface area contributed by atoms with Crippen molar-refractivity contribution in [3.63, 3.8) is 0 Å². The summed E-state index contributed by atoms with van der Waals surface area (Å²) in [5.41, 5.74) is -1.18. The highest BCUT2D eigenvalue weighted by Gasteiger charge is 2.62. The van der Waals surface area contributed by atoms with Crippen molar-refractivity contribution in [2.24, 2.45) is 0 Å². The van der Waals surface area contributed by atoms with Crippen molar-refractivity contribution in [2.45, 2.75) is 18.0 Å². The Hall–Kier alpha value is -2.84. The molecule has 2 aromatic rings. The average molecular weight is 354 g/mol. The molecular formula is C17H13BF2N4O2. The first kappa shape index (κ1) is 16.6. The van der Waals surface area contributed by atoms with Gasteiger partial charge in [-0.1, -0.05) is 11.5 Å². The summed E-state index contributed by atoms with van der Waals surface area (Å²) < 4.78 is 28.6. The third kappa shape index (κ3) is 2.54. The number of fused-ring (bicyclic) bond motifs is 2. The number of nitrogens with one attached hydrogen (secondary N) is 1. The van der Waals surface area contributed by atoms with Gasteiger partial charge in [-0.05, 0) is 18.6 Å². The second-order valence-electron chi connectivity index (χ2n) is 6.50. The van der Waals surface area contributed by atoms with Gasteiger partial charge >= 0.3 is 0 Å². The van der Waals surface area contributed by atoms with Crippen molar-refractivity contribution in [3.8, 4) is 0 Å². The van der Waals surface area contributed by atoms with Gasteiger partial charge in [0.2, 0.25) is 11.9 Å². The van der Waals surface area contributed by atoms with E-state index in [1.165, 1.54) is 29.4 Å². The minimum Gasteiger partial charge on any atom is -0.328 e. The first-order valence-corrected chi connectivity index (χ1v) is 8.01. The molecule has 130 valence electrons. The van der Waals surface area contributed by atoms with Gasteiger partial charge in [0.15, 0.2) is 0 Å². The van der Waals surface area contributed by atoms with E-state index < -0.39 is 29.2 Å². The number of amides is 2. The molecule has 0 saturated heterocycles. The molecule has 6 nitrogen and oxygen atoms in total. The Morgan fingerprint density at radius 2 is 2.08 bits per heavy atom. The molecular weight excluding hydrogens is 341 g/mol. The molecule has 1 saturated carbocycles. The molecule has 2 atom stereocenters. The van der Waals surface area contributed by atoms with Crippen LogP contribution in [-0.4, -0.2) is 53.8 Å². The molecule has 2 amide bonds. The number of halogens is 2. The summed E-state index contributed by atoms with van der Waals surface area (Å²) in [7, 11) is 5.58. The fraction of sp³-hybridized carbons (Fsp3) is 0.294. The van der Waals surface area contributed by atoms with Crippen LogP contribution in [0.1, 0.15) is 22.3 Å². The largest absolute Gasteiger partial charge is 0.328 e. The van der Waals surface area contributed by atoms with Crippen molar-refractivity contribution in [1.82, 2.24) is 14.9 Å². The zero-order valence-corrected chi connectivity index (χ0v) is 13.6. The van der Waals surface area contributed by atoms with Crippen LogP contribution >= 0.6 is 0 Å². The minimum absolute atomic E-state index is 0.0260. The Morgan fingerprint density at radius 3 is 2.73 bits per heavy atom. The first-order valence-electron chi connectivity index (χ1n) is 8.01. The normalized spacial score (nSPS) is 23.7. The predicted octanol–water partition coefficient (Wildman–Crippen LogP) is 0.484. The maximum atomic E-state index is 14.5. The molecule has 1 fully saturated rings. The maximum absolute atomic E-state index is 14.5. The zero-order chi connectivity index (χ0) is 18.5. The SMILES string of the molecule is [B]c1ccc2c(c1F)[C@]1(CC1F)CN(CC(=O)Nc1ncccn1)C2=O. The monoisotopic (exact) mass is 354 g/mol. The number of alkyl halides is 1. The number of carbonyl (C=O) groups is 2. The van der Waals surface area contributed by atoms with E-state index in [1.807, 2.05) is 0 Å². The topological polar surface area (TPSA) is 75.2 Å². The lowest BCUT2D eigenvalue weighted by Crippen LogP contribution is -2.48. The van der Waals surface area contributed by atoms with Crippen LogP contribution in [0.2, 0.25) is 0 Å². The second kappa shape index (κ2) is 5.86. The van der Waals surface area contributed by atoms with Crippen LogP contribution in [0, 0.1) is 5.82 Å². The molecule has 4 rings (SSSR count). The third-order valence-electron chi connectivity index (χ3n) is 4.79. The maximum Gasteiger partial charge on any atom is 0.254 e. The van der Waals surface area contributed by atoms with Crippen LogP contribution in [-0.2, 0) is 10.2 Å². The summed E-state index contributed by atoms with van der Waals surface area (Å²) in [6.45, 7) is -0.388. The summed E-state index contributed by atoms with van der Waals surface area (Å²) in [6, 6.07) is 4.25. The van der Waals surface area contributed by atoms with Gasteiger partial charge in [0, 0.05) is 30.1 Å². The first-order chi connectivity index (χ1) is 12.4. The minimum atomic E-state index is -1.28. The summed E-state index contributed by atoms with van der Waals surface area (Å²) in [5.74, 6) is -1.70. The van der Waals surface area contributed by atoms with Crippen LogP contribution < -0.4 is 10.8 Å².